The largest absolute Gasteiger partial charge is 0.486 e. The monoisotopic (exact) mass is 319 g/mol. The van der Waals surface area contributed by atoms with Crippen molar-refractivity contribution in [3.63, 3.8) is 0 Å². The number of benzene rings is 2. The minimum Gasteiger partial charge on any atom is -0.486 e. The summed E-state index contributed by atoms with van der Waals surface area (Å²) in [4.78, 5) is 13.9. The summed E-state index contributed by atoms with van der Waals surface area (Å²) in [5.41, 5.74) is 2.19. The van der Waals surface area contributed by atoms with Crippen LogP contribution in [-0.2, 0) is 11.3 Å². The zero-order valence-electron chi connectivity index (χ0n) is 12.6. The third-order valence-corrected chi connectivity index (χ3v) is 3.22. The van der Waals surface area contributed by atoms with Crippen LogP contribution in [0.1, 0.15) is 15.9 Å². The molecule has 0 saturated heterocycles. The van der Waals surface area contributed by atoms with Crippen molar-refractivity contribution in [2.45, 2.75) is 6.61 Å². The molecule has 22 heavy (non-hydrogen) atoms. The number of anilines is 1. The zero-order chi connectivity index (χ0) is 15.9. The average Bonchev–Trinajstić information content (AvgIpc) is 2.53. The second kappa shape index (κ2) is 7.71. The smallest absolute Gasteiger partial charge is 0.343 e. The molecule has 0 aliphatic carbocycles. The molecule has 0 fully saturated rings. The quantitative estimate of drug-likeness (QED) is 0.601. The lowest BCUT2D eigenvalue weighted by molar-refractivity contribution is 0.0569. The van der Waals surface area contributed by atoms with Crippen LogP contribution >= 0.6 is 11.6 Å². The van der Waals surface area contributed by atoms with Gasteiger partial charge in [-0.3, -0.25) is 0 Å². The lowest BCUT2D eigenvalue weighted by atomic mass is 10.1. The van der Waals surface area contributed by atoms with E-state index in [-0.39, 0.29) is 6.07 Å². The summed E-state index contributed by atoms with van der Waals surface area (Å²) < 4.78 is 10.8. The van der Waals surface area contributed by atoms with E-state index in [0.29, 0.717) is 17.9 Å². The van der Waals surface area contributed by atoms with Crippen LogP contribution in [0.2, 0.25) is 0 Å². The molecule has 116 valence electrons. The Morgan fingerprint density at radius 3 is 2.45 bits per heavy atom. The number of rotatable bonds is 6. The van der Waals surface area contributed by atoms with Crippen molar-refractivity contribution in [1.29, 1.82) is 0 Å². The molecule has 0 aliphatic rings. The van der Waals surface area contributed by atoms with E-state index in [4.69, 9.17) is 21.1 Å². The Kier molecular flexibility index (Phi) is 5.67. The number of carbonyl (C=O) groups is 1. The van der Waals surface area contributed by atoms with Gasteiger partial charge in [-0.1, -0.05) is 48.0 Å². The Morgan fingerprint density at radius 2 is 1.82 bits per heavy atom. The van der Waals surface area contributed by atoms with Crippen molar-refractivity contribution in [3.8, 4) is 5.75 Å². The van der Waals surface area contributed by atoms with Crippen molar-refractivity contribution < 1.29 is 14.3 Å². The molecule has 0 amide bonds. The molecule has 4 nitrogen and oxygen atoms in total. The van der Waals surface area contributed by atoms with Gasteiger partial charge in [0.25, 0.3) is 0 Å². The average molecular weight is 320 g/mol. The first kappa shape index (κ1) is 16.2. The van der Waals surface area contributed by atoms with Crippen molar-refractivity contribution in [2.75, 3.05) is 25.1 Å². The highest BCUT2D eigenvalue weighted by atomic mass is 35.5. The third-order valence-electron chi connectivity index (χ3n) is 3.11. The van der Waals surface area contributed by atoms with Gasteiger partial charge in [0.15, 0.2) is 11.8 Å². The van der Waals surface area contributed by atoms with Gasteiger partial charge in [-0.25, -0.2) is 4.79 Å². The lowest BCUT2D eigenvalue weighted by Crippen LogP contribution is -2.14. The Morgan fingerprint density at radius 1 is 1.09 bits per heavy atom. The van der Waals surface area contributed by atoms with Crippen LogP contribution in [0.4, 0.5) is 5.69 Å². The molecule has 2 aromatic rings. The van der Waals surface area contributed by atoms with E-state index in [1.54, 1.807) is 12.1 Å². The topological polar surface area (TPSA) is 38.8 Å². The Hall–Kier alpha value is -2.20. The highest BCUT2D eigenvalue weighted by Gasteiger charge is 2.18. The van der Waals surface area contributed by atoms with Gasteiger partial charge in [0.1, 0.15) is 12.2 Å². The number of carbonyl (C=O) groups excluding carboxylic acids is 1. The lowest BCUT2D eigenvalue weighted by Gasteiger charge is -2.20. The fourth-order valence-electron chi connectivity index (χ4n) is 2.05. The first-order valence-corrected chi connectivity index (χ1v) is 7.37. The van der Waals surface area contributed by atoms with Gasteiger partial charge in [-0.2, -0.15) is 0 Å². The van der Waals surface area contributed by atoms with E-state index in [1.807, 2.05) is 55.4 Å². The molecule has 0 atom stereocenters. The Bertz CT molecular complexity index is 629. The maximum absolute atomic E-state index is 12.0. The van der Waals surface area contributed by atoms with Crippen LogP contribution in [0.15, 0.2) is 48.5 Å². The number of ether oxygens (including phenoxy) is 2. The number of alkyl halides is 1. The van der Waals surface area contributed by atoms with Gasteiger partial charge in [0, 0.05) is 14.1 Å². The Balaban J connectivity index is 2.31. The molecule has 0 unspecified atom stereocenters. The summed E-state index contributed by atoms with van der Waals surface area (Å²) in [6.07, 6.45) is 0. The summed E-state index contributed by atoms with van der Waals surface area (Å²) >= 11 is 5.48. The molecular weight excluding hydrogens is 302 g/mol. The van der Waals surface area contributed by atoms with Crippen molar-refractivity contribution in [2.24, 2.45) is 0 Å². The van der Waals surface area contributed by atoms with Crippen LogP contribution in [-0.4, -0.2) is 26.1 Å². The predicted molar refractivity (Wildman–Crippen MR) is 87.7 cm³/mol. The van der Waals surface area contributed by atoms with Crippen molar-refractivity contribution in [1.82, 2.24) is 0 Å². The maximum Gasteiger partial charge on any atom is 0.343 e. The normalized spacial score (nSPS) is 10.1. The fourth-order valence-corrected chi connectivity index (χ4v) is 2.15. The van der Waals surface area contributed by atoms with Crippen molar-refractivity contribution >= 4 is 23.3 Å². The number of hydrogen-bond donors (Lipinski definition) is 0. The van der Waals surface area contributed by atoms with Gasteiger partial charge in [0.2, 0.25) is 0 Å². The summed E-state index contributed by atoms with van der Waals surface area (Å²) in [5.74, 6) is -0.00627. The fraction of sp³-hybridized carbons (Fsp3) is 0.235. The van der Waals surface area contributed by atoms with E-state index in [2.05, 4.69) is 0 Å². The van der Waals surface area contributed by atoms with Gasteiger partial charge in [-0.05, 0) is 17.7 Å². The molecule has 0 N–H and O–H groups in total. The number of esters is 1. The van der Waals surface area contributed by atoms with Crippen LogP contribution in [0, 0.1) is 0 Å². The van der Waals surface area contributed by atoms with Crippen LogP contribution in [0.3, 0.4) is 0 Å². The first-order valence-electron chi connectivity index (χ1n) is 6.83. The number of nitrogens with zero attached hydrogens (tertiary/aromatic N) is 1. The van der Waals surface area contributed by atoms with E-state index in [0.717, 1.165) is 11.3 Å². The van der Waals surface area contributed by atoms with Crippen LogP contribution in [0.25, 0.3) is 0 Å². The van der Waals surface area contributed by atoms with Gasteiger partial charge in [0.05, 0.1) is 5.69 Å². The van der Waals surface area contributed by atoms with Crippen LogP contribution in [0.5, 0.6) is 5.75 Å². The minimum absolute atomic E-state index is 0.191. The molecule has 0 aromatic heterocycles. The second-order valence-electron chi connectivity index (χ2n) is 4.86. The molecule has 5 heteroatoms. The Labute approximate surface area is 135 Å². The van der Waals surface area contributed by atoms with Crippen molar-refractivity contribution in [3.05, 3.63) is 59.7 Å². The SMILES string of the molecule is CN(C)c1cccc(C(=O)OCCl)c1OCc1ccccc1. The molecule has 0 heterocycles. The summed E-state index contributed by atoms with van der Waals surface area (Å²) in [6, 6.07) is 14.9. The molecule has 0 radical (unpaired) electrons. The molecule has 0 saturated carbocycles. The minimum atomic E-state index is -0.498. The highest BCUT2D eigenvalue weighted by Crippen LogP contribution is 2.32. The molecule has 2 rings (SSSR count). The van der Waals surface area contributed by atoms with E-state index in [9.17, 15) is 4.79 Å². The third kappa shape index (κ3) is 3.92. The molecule has 0 bridgehead atoms. The van der Waals surface area contributed by atoms with Gasteiger partial charge < -0.3 is 14.4 Å². The van der Waals surface area contributed by atoms with E-state index in [1.165, 1.54) is 0 Å². The molecule has 0 aliphatic heterocycles. The maximum atomic E-state index is 12.0. The van der Waals surface area contributed by atoms with Gasteiger partial charge in [-0.15, -0.1) is 0 Å². The second-order valence-corrected chi connectivity index (χ2v) is 5.08. The standard InChI is InChI=1S/C17H18ClNO3/c1-19(2)15-10-6-9-14(17(20)22-12-18)16(15)21-11-13-7-4-3-5-8-13/h3-10H,11-12H2,1-2H3. The zero-order valence-corrected chi connectivity index (χ0v) is 13.3. The number of halogens is 1. The summed E-state index contributed by atoms with van der Waals surface area (Å²) in [6.45, 7) is 0.368. The summed E-state index contributed by atoms with van der Waals surface area (Å²) in [7, 11) is 3.78. The van der Waals surface area contributed by atoms with Crippen LogP contribution < -0.4 is 9.64 Å². The predicted octanol–water partition coefficient (Wildman–Crippen LogP) is 3.68. The number of hydrogen-bond acceptors (Lipinski definition) is 4. The van der Waals surface area contributed by atoms with E-state index < -0.39 is 5.97 Å². The van der Waals surface area contributed by atoms with Gasteiger partial charge >= 0.3 is 5.97 Å². The van der Waals surface area contributed by atoms with E-state index >= 15 is 0 Å². The molecule has 0 spiro atoms. The summed E-state index contributed by atoms with van der Waals surface area (Å²) in [5, 5.41) is 0. The first-order chi connectivity index (χ1) is 10.6. The molecule has 2 aromatic carbocycles. The molecular formula is C17H18ClNO3. The number of para-hydroxylation sites is 1. The highest BCUT2D eigenvalue weighted by molar-refractivity contribution is 6.17.